The van der Waals surface area contributed by atoms with Gasteiger partial charge in [-0.25, -0.2) is 4.68 Å². The topological polar surface area (TPSA) is 64.1 Å². The van der Waals surface area contributed by atoms with Gasteiger partial charge in [0.05, 0.1) is 18.7 Å². The molecule has 0 aliphatic rings. The lowest BCUT2D eigenvalue weighted by Gasteiger charge is -2.15. The zero-order valence-corrected chi connectivity index (χ0v) is 17.2. The van der Waals surface area contributed by atoms with Crippen LogP contribution in [0.25, 0.3) is 0 Å². The van der Waals surface area contributed by atoms with Crippen molar-refractivity contribution in [3.05, 3.63) is 67.6 Å². The van der Waals surface area contributed by atoms with Gasteiger partial charge in [-0.1, -0.05) is 40.9 Å². The van der Waals surface area contributed by atoms with Crippen LogP contribution in [0, 0.1) is 4.77 Å². The maximum absolute atomic E-state index is 6.40. The molecule has 0 amide bonds. The van der Waals surface area contributed by atoms with Crippen LogP contribution in [0.15, 0.2) is 36.7 Å². The molecule has 0 aliphatic heterocycles. The van der Waals surface area contributed by atoms with E-state index in [0.29, 0.717) is 37.9 Å². The number of hydrogen-bond acceptors (Lipinski definition) is 5. The first-order valence-corrected chi connectivity index (χ1v) is 9.31. The highest BCUT2D eigenvalue weighted by Gasteiger charge is 2.13. The van der Waals surface area contributed by atoms with Crippen LogP contribution in [0.3, 0.4) is 0 Å². The predicted molar refractivity (Wildman–Crippen MR) is 109 cm³/mol. The van der Waals surface area contributed by atoms with E-state index < -0.39 is 0 Å². The van der Waals surface area contributed by atoms with Crippen LogP contribution < -0.4 is 14.9 Å². The minimum atomic E-state index is 0.230. The summed E-state index contributed by atoms with van der Waals surface area (Å²) in [4.78, 5) is 0. The summed E-state index contributed by atoms with van der Waals surface area (Å²) >= 11 is 23.6. The van der Waals surface area contributed by atoms with Crippen molar-refractivity contribution in [3.8, 4) is 11.5 Å². The van der Waals surface area contributed by atoms with Gasteiger partial charge in [0.15, 0.2) is 11.5 Å². The fourth-order valence-electron chi connectivity index (χ4n) is 2.34. The Balaban J connectivity index is 1.75. The summed E-state index contributed by atoms with van der Waals surface area (Å²) in [5.41, 5.74) is 4.79. The van der Waals surface area contributed by atoms with Crippen LogP contribution in [0.4, 0.5) is 0 Å². The largest absolute Gasteiger partial charge is 0.493 e. The Morgan fingerprint density at radius 2 is 2.00 bits per heavy atom. The van der Waals surface area contributed by atoms with E-state index in [1.807, 2.05) is 6.07 Å². The lowest BCUT2D eigenvalue weighted by molar-refractivity contribution is 0.284. The normalized spacial score (nSPS) is 10.7. The summed E-state index contributed by atoms with van der Waals surface area (Å²) in [6.45, 7) is 0.696. The zero-order chi connectivity index (χ0) is 19.4. The number of H-pyrrole nitrogens is 1. The Morgan fingerprint density at radius 3 is 2.67 bits per heavy atom. The molecule has 0 spiro atoms. The molecular weight excluding hydrogens is 431 g/mol. The first-order chi connectivity index (χ1) is 13.0. The van der Waals surface area contributed by atoms with Crippen LogP contribution in [0.5, 0.6) is 11.5 Å². The van der Waals surface area contributed by atoms with Crippen molar-refractivity contribution in [1.29, 1.82) is 0 Å². The van der Waals surface area contributed by atoms with Gasteiger partial charge in [0.2, 0.25) is 4.77 Å². The SMILES string of the molecule is COc1cc(CNn2cn[nH]c2=S)cc(Cl)c1OCc1ccc(Cl)cc1Cl. The molecule has 1 heterocycles. The van der Waals surface area contributed by atoms with Crippen LogP contribution in [-0.4, -0.2) is 22.0 Å². The van der Waals surface area contributed by atoms with Crippen molar-refractivity contribution in [2.75, 3.05) is 12.5 Å². The molecular formula is C17H15Cl3N4O2S. The molecule has 3 rings (SSSR count). The fraction of sp³-hybridized carbons (Fsp3) is 0.176. The highest BCUT2D eigenvalue weighted by molar-refractivity contribution is 7.71. The Bertz CT molecular complexity index is 1010. The van der Waals surface area contributed by atoms with E-state index in [0.717, 1.165) is 11.1 Å². The highest BCUT2D eigenvalue weighted by Crippen LogP contribution is 2.37. The quantitative estimate of drug-likeness (QED) is 0.487. The molecule has 0 unspecified atom stereocenters. The Labute approximate surface area is 175 Å². The van der Waals surface area contributed by atoms with Gasteiger partial charge in [0, 0.05) is 15.6 Å². The minimum Gasteiger partial charge on any atom is -0.493 e. The average Bonchev–Trinajstić information content (AvgIpc) is 3.05. The second-order valence-corrected chi connectivity index (χ2v) is 7.14. The van der Waals surface area contributed by atoms with Crippen molar-refractivity contribution in [2.24, 2.45) is 0 Å². The number of nitrogens with zero attached hydrogens (tertiary/aromatic N) is 2. The Morgan fingerprint density at radius 1 is 1.19 bits per heavy atom. The van der Waals surface area contributed by atoms with Crippen molar-refractivity contribution in [3.63, 3.8) is 0 Å². The van der Waals surface area contributed by atoms with Crippen LogP contribution in [-0.2, 0) is 13.2 Å². The maximum atomic E-state index is 6.40. The minimum absolute atomic E-state index is 0.230. The van der Waals surface area contributed by atoms with Gasteiger partial charge in [-0.2, -0.15) is 5.10 Å². The second kappa shape index (κ2) is 8.84. The number of aromatic amines is 1. The van der Waals surface area contributed by atoms with Gasteiger partial charge in [-0.3, -0.25) is 5.10 Å². The van der Waals surface area contributed by atoms with Crippen molar-refractivity contribution in [2.45, 2.75) is 13.2 Å². The number of ether oxygens (including phenoxy) is 2. The molecule has 142 valence electrons. The summed E-state index contributed by atoms with van der Waals surface area (Å²) in [7, 11) is 1.55. The van der Waals surface area contributed by atoms with Crippen molar-refractivity contribution in [1.82, 2.24) is 14.9 Å². The molecule has 2 N–H and O–H groups in total. The van der Waals surface area contributed by atoms with E-state index in [9.17, 15) is 0 Å². The number of nitrogens with one attached hydrogen (secondary N) is 2. The standard InChI is InChI=1S/C17H15Cl3N4O2S/c1-25-15-5-10(7-22-24-9-21-23-17(24)27)4-14(20)16(15)26-8-11-2-3-12(18)6-13(11)19/h2-6,9,22H,7-8H2,1H3,(H,23,27). The Kier molecular flexibility index (Phi) is 6.49. The summed E-state index contributed by atoms with van der Waals surface area (Å²) in [6.07, 6.45) is 1.55. The first kappa shape index (κ1) is 19.8. The summed E-state index contributed by atoms with van der Waals surface area (Å²) in [6, 6.07) is 8.84. The molecule has 2 aromatic carbocycles. The lowest BCUT2D eigenvalue weighted by atomic mass is 10.2. The molecule has 6 nitrogen and oxygen atoms in total. The highest BCUT2D eigenvalue weighted by atomic mass is 35.5. The van der Waals surface area contributed by atoms with E-state index >= 15 is 0 Å². The molecule has 27 heavy (non-hydrogen) atoms. The number of benzene rings is 2. The van der Waals surface area contributed by atoms with Gasteiger partial charge in [-0.05, 0) is 42.0 Å². The van der Waals surface area contributed by atoms with Crippen molar-refractivity contribution >= 4 is 47.0 Å². The lowest BCUT2D eigenvalue weighted by Crippen LogP contribution is -2.13. The predicted octanol–water partition coefficient (Wildman–Crippen LogP) is 5.23. The molecule has 1 aromatic heterocycles. The summed E-state index contributed by atoms with van der Waals surface area (Å²) in [5.74, 6) is 0.953. The molecule has 0 radical (unpaired) electrons. The van der Waals surface area contributed by atoms with Crippen molar-refractivity contribution < 1.29 is 9.47 Å². The van der Waals surface area contributed by atoms with Gasteiger partial charge < -0.3 is 14.9 Å². The molecule has 0 saturated heterocycles. The fourth-order valence-corrected chi connectivity index (χ4v) is 3.26. The van der Waals surface area contributed by atoms with E-state index in [-0.39, 0.29) is 6.61 Å². The van der Waals surface area contributed by atoms with Gasteiger partial charge in [0.1, 0.15) is 12.9 Å². The van der Waals surface area contributed by atoms with E-state index in [1.165, 1.54) is 0 Å². The maximum Gasteiger partial charge on any atom is 0.214 e. The van der Waals surface area contributed by atoms with Crippen LogP contribution in [0.1, 0.15) is 11.1 Å². The monoisotopic (exact) mass is 444 g/mol. The van der Waals surface area contributed by atoms with Crippen LogP contribution >= 0.6 is 47.0 Å². The number of methoxy groups -OCH3 is 1. The molecule has 0 aliphatic carbocycles. The third kappa shape index (κ3) is 4.87. The molecule has 0 atom stereocenters. The molecule has 10 heteroatoms. The van der Waals surface area contributed by atoms with Gasteiger partial charge >= 0.3 is 0 Å². The molecule has 0 bridgehead atoms. The second-order valence-electron chi connectivity index (χ2n) is 5.50. The average molecular weight is 446 g/mol. The third-order valence-electron chi connectivity index (χ3n) is 3.68. The molecule has 0 saturated carbocycles. The van der Waals surface area contributed by atoms with E-state index in [2.05, 4.69) is 15.6 Å². The molecule has 0 fully saturated rings. The number of aromatic nitrogens is 3. The number of hydrogen-bond donors (Lipinski definition) is 2. The Hall–Kier alpha value is -1.93. The smallest absolute Gasteiger partial charge is 0.214 e. The summed E-state index contributed by atoms with van der Waals surface area (Å²) < 4.78 is 13.3. The van der Waals surface area contributed by atoms with E-state index in [4.69, 9.17) is 56.5 Å². The summed E-state index contributed by atoms with van der Waals surface area (Å²) in [5, 5.41) is 8.02. The first-order valence-electron chi connectivity index (χ1n) is 7.77. The number of halogens is 3. The van der Waals surface area contributed by atoms with Crippen LogP contribution in [0.2, 0.25) is 15.1 Å². The zero-order valence-electron chi connectivity index (χ0n) is 14.1. The van der Waals surface area contributed by atoms with Gasteiger partial charge in [-0.15, -0.1) is 0 Å². The van der Waals surface area contributed by atoms with Gasteiger partial charge in [0.25, 0.3) is 0 Å². The third-order valence-corrected chi connectivity index (χ3v) is 4.84. The molecule has 3 aromatic rings. The number of rotatable bonds is 7. The van der Waals surface area contributed by atoms with E-state index in [1.54, 1.807) is 42.4 Å².